The second-order valence-electron chi connectivity index (χ2n) is 6.95. The predicted octanol–water partition coefficient (Wildman–Crippen LogP) is 3.31. The van der Waals surface area contributed by atoms with Crippen molar-refractivity contribution in [2.45, 2.75) is 45.9 Å². The number of carbonyl (C=O) groups is 2. The summed E-state index contributed by atoms with van der Waals surface area (Å²) in [5.41, 5.74) is 1.81. The highest BCUT2D eigenvalue weighted by Crippen LogP contribution is 2.14. The maximum Gasteiger partial charge on any atom is 0.329 e. The van der Waals surface area contributed by atoms with Gasteiger partial charge >= 0.3 is 11.7 Å². The number of esters is 1. The zero-order chi connectivity index (χ0) is 21.7. The van der Waals surface area contributed by atoms with E-state index < -0.39 is 23.8 Å². The molecule has 0 saturated heterocycles. The SMILES string of the molecule is CCCn1c(=O)n(CCC(=O)O[C@@H](C)C(=O)Nc2ccc(F)cc2)c2ccccc21. The molecule has 0 bridgehead atoms. The molecule has 7 nitrogen and oxygen atoms in total. The Bertz CT molecular complexity index is 1100. The monoisotopic (exact) mass is 413 g/mol. The van der Waals surface area contributed by atoms with Gasteiger partial charge in [-0.15, -0.1) is 0 Å². The number of anilines is 1. The van der Waals surface area contributed by atoms with Crippen LogP contribution < -0.4 is 11.0 Å². The molecule has 1 amide bonds. The molecule has 0 fully saturated rings. The molecule has 0 aliphatic heterocycles. The van der Waals surface area contributed by atoms with Gasteiger partial charge in [0.05, 0.1) is 17.5 Å². The fourth-order valence-electron chi connectivity index (χ4n) is 3.22. The highest BCUT2D eigenvalue weighted by Gasteiger charge is 2.19. The van der Waals surface area contributed by atoms with Crippen molar-refractivity contribution in [1.29, 1.82) is 0 Å². The molecule has 1 N–H and O–H groups in total. The summed E-state index contributed by atoms with van der Waals surface area (Å²) < 4.78 is 21.4. The van der Waals surface area contributed by atoms with Gasteiger partial charge < -0.3 is 10.1 Å². The number of aryl methyl sites for hydroxylation is 2. The van der Waals surface area contributed by atoms with E-state index >= 15 is 0 Å². The van der Waals surface area contributed by atoms with Crippen LogP contribution in [-0.4, -0.2) is 27.1 Å². The van der Waals surface area contributed by atoms with E-state index in [0.717, 1.165) is 17.5 Å². The first-order valence-corrected chi connectivity index (χ1v) is 9.84. The maximum absolute atomic E-state index is 12.9. The summed E-state index contributed by atoms with van der Waals surface area (Å²) in [4.78, 5) is 37.1. The van der Waals surface area contributed by atoms with Gasteiger partial charge in [-0.3, -0.25) is 18.7 Å². The van der Waals surface area contributed by atoms with Crippen LogP contribution in [0.15, 0.2) is 53.3 Å². The van der Waals surface area contributed by atoms with E-state index in [-0.39, 0.29) is 18.7 Å². The molecule has 0 saturated carbocycles. The number of hydrogen-bond donors (Lipinski definition) is 1. The van der Waals surface area contributed by atoms with Crippen LogP contribution in [0.2, 0.25) is 0 Å². The number of carbonyl (C=O) groups excluding carboxylic acids is 2. The van der Waals surface area contributed by atoms with Crippen LogP contribution in [0.4, 0.5) is 10.1 Å². The highest BCUT2D eigenvalue weighted by molar-refractivity contribution is 5.95. The predicted molar refractivity (Wildman–Crippen MR) is 112 cm³/mol. The highest BCUT2D eigenvalue weighted by atomic mass is 19.1. The largest absolute Gasteiger partial charge is 0.452 e. The number of ether oxygens (including phenoxy) is 1. The van der Waals surface area contributed by atoms with Crippen LogP contribution in [-0.2, 0) is 27.4 Å². The summed E-state index contributed by atoms with van der Waals surface area (Å²) >= 11 is 0. The third kappa shape index (κ3) is 4.76. The first-order chi connectivity index (χ1) is 14.4. The van der Waals surface area contributed by atoms with E-state index in [2.05, 4.69) is 5.32 Å². The van der Waals surface area contributed by atoms with Crippen LogP contribution in [0.5, 0.6) is 0 Å². The fourth-order valence-corrected chi connectivity index (χ4v) is 3.22. The lowest BCUT2D eigenvalue weighted by molar-refractivity contribution is -0.153. The Hall–Kier alpha value is -3.42. The van der Waals surface area contributed by atoms with Crippen LogP contribution in [0.25, 0.3) is 11.0 Å². The quantitative estimate of drug-likeness (QED) is 0.575. The molecule has 158 valence electrons. The van der Waals surface area contributed by atoms with Gasteiger partial charge in [0.25, 0.3) is 5.91 Å². The molecule has 0 aliphatic rings. The number of halogens is 1. The molecule has 1 heterocycles. The van der Waals surface area contributed by atoms with Gasteiger partial charge in [-0.1, -0.05) is 19.1 Å². The molecule has 3 aromatic rings. The van der Waals surface area contributed by atoms with Gasteiger partial charge in [0.2, 0.25) is 0 Å². The van der Waals surface area contributed by atoms with E-state index in [1.54, 1.807) is 9.13 Å². The molecule has 2 aromatic carbocycles. The normalized spacial score (nSPS) is 12.0. The number of aromatic nitrogens is 2. The number of fused-ring (bicyclic) bond motifs is 1. The first kappa shape index (κ1) is 21.3. The van der Waals surface area contributed by atoms with Gasteiger partial charge in [-0.25, -0.2) is 9.18 Å². The number of para-hydroxylation sites is 2. The van der Waals surface area contributed by atoms with E-state index in [4.69, 9.17) is 4.74 Å². The molecule has 0 spiro atoms. The van der Waals surface area contributed by atoms with Crippen LogP contribution in [0, 0.1) is 5.82 Å². The average molecular weight is 413 g/mol. The van der Waals surface area contributed by atoms with Crippen molar-refractivity contribution in [2.75, 3.05) is 5.32 Å². The number of benzene rings is 2. The summed E-state index contributed by atoms with van der Waals surface area (Å²) in [6.07, 6.45) is -0.258. The number of nitrogens with zero attached hydrogens (tertiary/aromatic N) is 2. The van der Waals surface area contributed by atoms with Crippen molar-refractivity contribution in [2.24, 2.45) is 0 Å². The van der Waals surface area contributed by atoms with Crippen LogP contribution in [0.3, 0.4) is 0 Å². The molecule has 8 heteroatoms. The summed E-state index contributed by atoms with van der Waals surface area (Å²) in [5.74, 6) is -1.52. The minimum atomic E-state index is -1.03. The number of rotatable bonds is 8. The minimum absolute atomic E-state index is 0.0474. The van der Waals surface area contributed by atoms with Crippen molar-refractivity contribution in [3.05, 3.63) is 64.8 Å². The minimum Gasteiger partial charge on any atom is -0.452 e. The van der Waals surface area contributed by atoms with Crippen molar-refractivity contribution in [1.82, 2.24) is 9.13 Å². The number of nitrogens with one attached hydrogen (secondary N) is 1. The second kappa shape index (κ2) is 9.39. The lowest BCUT2D eigenvalue weighted by Crippen LogP contribution is -2.31. The van der Waals surface area contributed by atoms with Crippen LogP contribution in [0.1, 0.15) is 26.7 Å². The Morgan fingerprint density at radius 1 is 1.03 bits per heavy atom. The third-order valence-electron chi connectivity index (χ3n) is 4.70. The molecule has 1 atom stereocenters. The third-order valence-corrected chi connectivity index (χ3v) is 4.70. The Labute approximate surface area is 173 Å². The lowest BCUT2D eigenvalue weighted by Gasteiger charge is -2.13. The van der Waals surface area contributed by atoms with Crippen molar-refractivity contribution >= 4 is 28.6 Å². The molecule has 0 unspecified atom stereocenters. The maximum atomic E-state index is 12.9. The molecular formula is C22H24FN3O4. The number of amides is 1. The van der Waals surface area contributed by atoms with Gasteiger partial charge in [-0.2, -0.15) is 0 Å². The fraction of sp³-hybridized carbons (Fsp3) is 0.318. The number of hydrogen-bond acceptors (Lipinski definition) is 4. The van der Waals surface area contributed by atoms with Crippen molar-refractivity contribution in [3.8, 4) is 0 Å². The molecule has 30 heavy (non-hydrogen) atoms. The molecule has 0 radical (unpaired) electrons. The van der Waals surface area contributed by atoms with Gasteiger partial charge in [-0.05, 0) is 49.7 Å². The molecular weight excluding hydrogens is 389 g/mol. The van der Waals surface area contributed by atoms with Crippen molar-refractivity contribution in [3.63, 3.8) is 0 Å². The Morgan fingerprint density at radius 3 is 2.23 bits per heavy atom. The van der Waals surface area contributed by atoms with Crippen LogP contribution >= 0.6 is 0 Å². The van der Waals surface area contributed by atoms with Gasteiger partial charge in [0.1, 0.15) is 5.82 Å². The Kier molecular flexibility index (Phi) is 6.66. The van der Waals surface area contributed by atoms with E-state index in [1.807, 2.05) is 31.2 Å². The van der Waals surface area contributed by atoms with E-state index in [9.17, 15) is 18.8 Å². The molecule has 1 aromatic heterocycles. The Balaban J connectivity index is 1.62. The Morgan fingerprint density at radius 2 is 1.63 bits per heavy atom. The van der Waals surface area contributed by atoms with E-state index in [0.29, 0.717) is 12.2 Å². The topological polar surface area (TPSA) is 82.3 Å². The zero-order valence-corrected chi connectivity index (χ0v) is 16.9. The summed E-state index contributed by atoms with van der Waals surface area (Å²) in [7, 11) is 0. The average Bonchev–Trinajstić information content (AvgIpc) is 2.99. The lowest BCUT2D eigenvalue weighted by atomic mass is 10.3. The van der Waals surface area contributed by atoms with Gasteiger partial charge in [0, 0.05) is 18.8 Å². The van der Waals surface area contributed by atoms with Gasteiger partial charge in [0.15, 0.2) is 6.10 Å². The molecule has 3 rings (SSSR count). The summed E-state index contributed by atoms with van der Waals surface area (Å²) in [6, 6.07) is 12.7. The van der Waals surface area contributed by atoms with Crippen molar-refractivity contribution < 1.29 is 18.7 Å². The van der Waals surface area contributed by atoms with E-state index in [1.165, 1.54) is 31.2 Å². The first-order valence-electron chi connectivity index (χ1n) is 9.84. The second-order valence-corrected chi connectivity index (χ2v) is 6.95. The number of imidazole rings is 1. The summed E-state index contributed by atoms with van der Waals surface area (Å²) in [6.45, 7) is 4.20. The molecule has 0 aliphatic carbocycles. The standard InChI is InChI=1S/C22H24FN3O4/c1-3-13-25-18-6-4-5-7-19(18)26(22(25)29)14-12-20(27)30-15(2)21(28)24-17-10-8-16(23)9-11-17/h4-11,15H,3,12-14H2,1-2H3,(H,24,28)/t15-/m0/s1. The zero-order valence-electron chi connectivity index (χ0n) is 16.9. The summed E-state index contributed by atoms with van der Waals surface area (Å²) in [5, 5.41) is 2.56. The smallest absolute Gasteiger partial charge is 0.329 e.